The zero-order chi connectivity index (χ0) is 16.9. The fraction of sp³-hybridized carbons (Fsp3) is 0.368. The molecule has 1 atom stereocenters. The molecule has 0 unspecified atom stereocenters. The van der Waals surface area contributed by atoms with E-state index in [0.717, 1.165) is 18.4 Å². The number of rotatable bonds is 3. The molecular weight excluding hydrogens is 304 g/mol. The third-order valence-electron chi connectivity index (χ3n) is 5.44. The second-order valence-corrected chi connectivity index (χ2v) is 6.68. The van der Waals surface area contributed by atoms with Crippen molar-refractivity contribution < 1.29 is 9.53 Å². The van der Waals surface area contributed by atoms with Gasteiger partial charge in [-0.25, -0.2) is 0 Å². The van der Waals surface area contributed by atoms with E-state index < -0.39 is 0 Å². The Morgan fingerprint density at radius 3 is 2.54 bits per heavy atom. The maximum atomic E-state index is 12.9. The second-order valence-electron chi connectivity index (χ2n) is 6.68. The summed E-state index contributed by atoms with van der Waals surface area (Å²) in [5, 5.41) is 0. The minimum atomic E-state index is -0.252. The van der Waals surface area contributed by atoms with Gasteiger partial charge in [-0.15, -0.1) is 0 Å². The van der Waals surface area contributed by atoms with Crippen LogP contribution in [0.3, 0.4) is 0 Å². The van der Waals surface area contributed by atoms with Crippen molar-refractivity contribution >= 4 is 5.91 Å². The lowest BCUT2D eigenvalue weighted by Crippen LogP contribution is -2.50. The Hall–Kier alpha value is -2.56. The summed E-state index contributed by atoms with van der Waals surface area (Å²) in [6, 6.07) is 11.3. The second kappa shape index (κ2) is 5.23. The van der Waals surface area contributed by atoms with Gasteiger partial charge in [0.1, 0.15) is 6.61 Å². The molecule has 1 aromatic heterocycles. The molecule has 2 aromatic rings. The number of fused-ring (bicyclic) bond motifs is 1. The lowest BCUT2D eigenvalue weighted by molar-refractivity contribution is 0.0548. The number of carbonyl (C=O) groups is 1. The van der Waals surface area contributed by atoms with E-state index in [1.807, 2.05) is 41.9 Å². The summed E-state index contributed by atoms with van der Waals surface area (Å²) >= 11 is 0. The highest BCUT2D eigenvalue weighted by molar-refractivity contribution is 5.97. The summed E-state index contributed by atoms with van der Waals surface area (Å²) in [4.78, 5) is 27.0. The Morgan fingerprint density at radius 2 is 1.88 bits per heavy atom. The number of hydrogen-bond donors (Lipinski definition) is 0. The number of aromatic nitrogens is 1. The first-order valence-electron chi connectivity index (χ1n) is 8.24. The van der Waals surface area contributed by atoms with E-state index in [2.05, 4.69) is 6.92 Å². The fourth-order valence-electron chi connectivity index (χ4n) is 3.71. The topological polar surface area (TPSA) is 51.5 Å². The number of benzene rings is 1. The first-order valence-corrected chi connectivity index (χ1v) is 8.24. The normalized spacial score (nSPS) is 20.8. The summed E-state index contributed by atoms with van der Waals surface area (Å²) in [5.41, 5.74) is 0.974. The lowest BCUT2D eigenvalue weighted by atomic mass is 10.0. The highest BCUT2D eigenvalue weighted by Crippen LogP contribution is 2.52. The average molecular weight is 324 g/mol. The average Bonchev–Trinajstić information content (AvgIpc) is 3.40. The summed E-state index contributed by atoms with van der Waals surface area (Å²) in [6.45, 7) is 2.37. The van der Waals surface area contributed by atoms with Crippen LogP contribution in [0.4, 0.5) is 0 Å². The van der Waals surface area contributed by atoms with Crippen LogP contribution in [0.15, 0.2) is 47.4 Å². The predicted molar refractivity (Wildman–Crippen MR) is 90.2 cm³/mol. The van der Waals surface area contributed by atoms with E-state index in [9.17, 15) is 9.59 Å². The quantitative estimate of drug-likeness (QED) is 0.872. The van der Waals surface area contributed by atoms with Crippen LogP contribution in [0.2, 0.25) is 0 Å². The molecule has 124 valence electrons. The summed E-state index contributed by atoms with van der Waals surface area (Å²) in [5.74, 6) is 0.0203. The number of pyridine rings is 1. The van der Waals surface area contributed by atoms with Gasteiger partial charge in [0.15, 0.2) is 11.4 Å². The van der Waals surface area contributed by atoms with Crippen LogP contribution in [0.5, 0.6) is 5.75 Å². The van der Waals surface area contributed by atoms with Crippen LogP contribution < -0.4 is 10.2 Å². The molecule has 2 aliphatic rings. The van der Waals surface area contributed by atoms with Gasteiger partial charge in [0, 0.05) is 19.3 Å². The van der Waals surface area contributed by atoms with Gasteiger partial charge in [-0.3, -0.25) is 9.59 Å². The Balaban J connectivity index is 1.75. The Bertz CT molecular complexity index is 853. The summed E-state index contributed by atoms with van der Waals surface area (Å²) in [7, 11) is 1.83. The van der Waals surface area contributed by atoms with Crippen LogP contribution in [-0.4, -0.2) is 28.0 Å². The maximum Gasteiger partial charge on any atom is 0.274 e. The van der Waals surface area contributed by atoms with Crippen molar-refractivity contribution in [2.24, 2.45) is 0 Å². The van der Waals surface area contributed by atoms with Gasteiger partial charge in [0.05, 0.1) is 11.6 Å². The molecule has 4 rings (SSSR count). The number of likely N-dealkylation sites (N-methyl/N-ethyl adjacent to an activating group) is 1. The third kappa shape index (κ3) is 2.08. The molecule has 1 aliphatic carbocycles. The van der Waals surface area contributed by atoms with Crippen molar-refractivity contribution in [2.45, 2.75) is 38.0 Å². The summed E-state index contributed by atoms with van der Waals surface area (Å²) in [6.07, 6.45) is 3.73. The van der Waals surface area contributed by atoms with Crippen LogP contribution in [0, 0.1) is 0 Å². The first kappa shape index (κ1) is 15.0. The molecule has 1 fully saturated rings. The molecule has 0 N–H and O–H groups in total. The van der Waals surface area contributed by atoms with Gasteiger partial charge in [-0.2, -0.15) is 0 Å². The van der Waals surface area contributed by atoms with E-state index in [-0.39, 0.29) is 35.3 Å². The monoisotopic (exact) mass is 324 g/mol. The molecule has 24 heavy (non-hydrogen) atoms. The third-order valence-corrected chi connectivity index (χ3v) is 5.44. The zero-order valence-electron chi connectivity index (χ0n) is 13.9. The molecular formula is C19H20N2O3. The Morgan fingerprint density at radius 1 is 1.17 bits per heavy atom. The zero-order valence-corrected chi connectivity index (χ0v) is 13.9. The molecule has 1 amide bonds. The van der Waals surface area contributed by atoms with Crippen molar-refractivity contribution in [3.05, 3.63) is 64.1 Å². The van der Waals surface area contributed by atoms with Gasteiger partial charge in [0.2, 0.25) is 5.43 Å². The molecule has 1 aliphatic heterocycles. The molecule has 1 aromatic carbocycles. The molecule has 2 heterocycles. The maximum absolute atomic E-state index is 12.9. The van der Waals surface area contributed by atoms with E-state index in [0.29, 0.717) is 5.69 Å². The molecule has 5 nitrogen and oxygen atoms in total. The Kier molecular flexibility index (Phi) is 3.27. The minimum absolute atomic E-state index is 0.101. The fourth-order valence-corrected chi connectivity index (χ4v) is 3.71. The van der Waals surface area contributed by atoms with Crippen molar-refractivity contribution in [3.8, 4) is 5.75 Å². The number of hydrogen-bond acceptors (Lipinski definition) is 3. The lowest BCUT2D eigenvalue weighted by Gasteiger charge is -2.41. The van der Waals surface area contributed by atoms with Gasteiger partial charge in [-0.1, -0.05) is 30.3 Å². The first-order chi connectivity index (χ1) is 11.5. The van der Waals surface area contributed by atoms with Gasteiger partial charge < -0.3 is 14.2 Å². The van der Waals surface area contributed by atoms with Crippen molar-refractivity contribution in [3.63, 3.8) is 0 Å². The number of ether oxygens (including phenoxy) is 1. The smallest absolute Gasteiger partial charge is 0.274 e. The SMILES string of the molecule is C[C@H]1n2ccc(=O)c(OCc3ccccc3)c2C(=O)N(C)C12CC2. The molecule has 0 saturated heterocycles. The molecule has 0 radical (unpaired) electrons. The van der Waals surface area contributed by atoms with E-state index in [1.54, 1.807) is 11.1 Å². The van der Waals surface area contributed by atoms with Crippen LogP contribution in [-0.2, 0) is 6.61 Å². The van der Waals surface area contributed by atoms with Crippen LogP contribution >= 0.6 is 0 Å². The summed E-state index contributed by atoms with van der Waals surface area (Å²) < 4.78 is 7.71. The highest BCUT2D eigenvalue weighted by Gasteiger charge is 2.57. The van der Waals surface area contributed by atoms with E-state index >= 15 is 0 Å². The molecule has 0 bridgehead atoms. The standard InChI is InChI=1S/C19H20N2O3/c1-13-19(9-10-19)20(2)18(23)16-17(15(22)8-11-21(13)16)24-12-14-6-4-3-5-7-14/h3-8,11,13H,9-10,12H2,1-2H3/t13-/m1/s1. The Labute approximate surface area is 140 Å². The van der Waals surface area contributed by atoms with Crippen LogP contribution in [0.1, 0.15) is 41.9 Å². The minimum Gasteiger partial charge on any atom is -0.483 e. The number of carbonyl (C=O) groups excluding carboxylic acids is 1. The molecule has 5 heteroatoms. The predicted octanol–water partition coefficient (Wildman–Crippen LogP) is 2.61. The van der Waals surface area contributed by atoms with Crippen LogP contribution in [0.25, 0.3) is 0 Å². The van der Waals surface area contributed by atoms with E-state index in [4.69, 9.17) is 4.74 Å². The largest absolute Gasteiger partial charge is 0.483 e. The molecule has 1 spiro atoms. The number of nitrogens with zero attached hydrogens (tertiary/aromatic N) is 2. The van der Waals surface area contributed by atoms with Crippen molar-refractivity contribution in [1.82, 2.24) is 9.47 Å². The van der Waals surface area contributed by atoms with Gasteiger partial charge >= 0.3 is 0 Å². The highest BCUT2D eigenvalue weighted by atomic mass is 16.5. The molecule has 1 saturated carbocycles. The number of amides is 1. The van der Waals surface area contributed by atoms with E-state index in [1.165, 1.54) is 6.07 Å². The van der Waals surface area contributed by atoms with Crippen molar-refractivity contribution in [2.75, 3.05) is 7.05 Å². The van der Waals surface area contributed by atoms with Gasteiger partial charge in [-0.05, 0) is 25.3 Å². The van der Waals surface area contributed by atoms with Crippen molar-refractivity contribution in [1.29, 1.82) is 0 Å². The van der Waals surface area contributed by atoms with Gasteiger partial charge in [0.25, 0.3) is 5.91 Å².